The van der Waals surface area contributed by atoms with Crippen molar-refractivity contribution in [1.82, 2.24) is 4.90 Å². The standard InChI is InChI=1S/C25H28N2O6S/c1-5-32-21-12-17(10-11-20(21)33-15-16(2)3)13-22-24(29)27(25(30)34-22)14-23(28)26-18-8-6-7-9-19(18)31-4/h6-13,16H,5,14-15H2,1-4H3,(H,26,28)/b22-13-. The number of nitrogens with zero attached hydrogens (tertiary/aromatic N) is 1. The number of hydrogen-bond donors (Lipinski definition) is 1. The van der Waals surface area contributed by atoms with Crippen molar-refractivity contribution in [3.8, 4) is 17.2 Å². The fourth-order valence-corrected chi connectivity index (χ4v) is 3.97. The van der Waals surface area contributed by atoms with Gasteiger partial charge in [-0.15, -0.1) is 0 Å². The van der Waals surface area contributed by atoms with Crippen molar-refractivity contribution in [2.24, 2.45) is 5.92 Å². The number of anilines is 1. The van der Waals surface area contributed by atoms with Crippen LogP contribution >= 0.6 is 11.8 Å². The van der Waals surface area contributed by atoms with Crippen molar-refractivity contribution >= 4 is 40.6 Å². The first-order chi connectivity index (χ1) is 16.3. The molecule has 1 N–H and O–H groups in total. The molecule has 2 aromatic rings. The van der Waals surface area contributed by atoms with Crippen LogP contribution < -0.4 is 19.5 Å². The summed E-state index contributed by atoms with van der Waals surface area (Å²) < 4.78 is 16.7. The normalized spacial score (nSPS) is 14.6. The van der Waals surface area contributed by atoms with E-state index in [9.17, 15) is 14.4 Å². The molecule has 0 radical (unpaired) electrons. The highest BCUT2D eigenvalue weighted by Crippen LogP contribution is 2.35. The second-order valence-corrected chi connectivity index (χ2v) is 8.85. The van der Waals surface area contributed by atoms with Crippen LogP contribution in [0.2, 0.25) is 0 Å². The van der Waals surface area contributed by atoms with Crippen LogP contribution in [0.3, 0.4) is 0 Å². The zero-order valence-corrected chi connectivity index (χ0v) is 20.4. The number of thioether (sulfide) groups is 1. The molecule has 0 aromatic heterocycles. The predicted octanol–water partition coefficient (Wildman–Crippen LogP) is 4.80. The molecule has 2 aromatic carbocycles. The minimum absolute atomic E-state index is 0.230. The molecule has 0 atom stereocenters. The molecule has 0 aliphatic carbocycles. The van der Waals surface area contributed by atoms with E-state index < -0.39 is 23.6 Å². The number of methoxy groups -OCH3 is 1. The molecule has 0 unspecified atom stereocenters. The van der Waals surface area contributed by atoms with E-state index in [-0.39, 0.29) is 4.91 Å². The van der Waals surface area contributed by atoms with Crippen molar-refractivity contribution in [2.45, 2.75) is 20.8 Å². The third-order valence-electron chi connectivity index (χ3n) is 4.69. The third-order valence-corrected chi connectivity index (χ3v) is 5.60. The highest BCUT2D eigenvalue weighted by molar-refractivity contribution is 8.18. The number of carbonyl (C=O) groups is 3. The molecule has 0 bridgehead atoms. The van der Waals surface area contributed by atoms with Crippen molar-refractivity contribution < 1.29 is 28.6 Å². The maximum atomic E-state index is 12.8. The smallest absolute Gasteiger partial charge is 0.294 e. The van der Waals surface area contributed by atoms with E-state index in [0.29, 0.717) is 47.6 Å². The lowest BCUT2D eigenvalue weighted by Crippen LogP contribution is -2.36. The van der Waals surface area contributed by atoms with Crippen LogP contribution in [-0.2, 0) is 9.59 Å². The van der Waals surface area contributed by atoms with Crippen molar-refractivity contribution in [2.75, 3.05) is 32.2 Å². The fraction of sp³-hybridized carbons (Fsp3) is 0.320. The monoisotopic (exact) mass is 484 g/mol. The van der Waals surface area contributed by atoms with Gasteiger partial charge in [-0.1, -0.05) is 32.0 Å². The number of rotatable bonds is 10. The Balaban J connectivity index is 1.72. The molecule has 3 rings (SSSR count). The van der Waals surface area contributed by atoms with Crippen LogP contribution in [0.25, 0.3) is 6.08 Å². The van der Waals surface area contributed by atoms with Crippen LogP contribution in [0, 0.1) is 5.92 Å². The van der Waals surface area contributed by atoms with E-state index in [1.165, 1.54) is 7.11 Å². The number of amides is 3. The highest BCUT2D eigenvalue weighted by atomic mass is 32.2. The lowest BCUT2D eigenvalue weighted by Gasteiger charge is -2.14. The van der Waals surface area contributed by atoms with E-state index in [0.717, 1.165) is 16.7 Å². The lowest BCUT2D eigenvalue weighted by molar-refractivity contribution is -0.127. The maximum Gasteiger partial charge on any atom is 0.294 e. The molecule has 9 heteroatoms. The van der Waals surface area contributed by atoms with Gasteiger partial charge in [-0.3, -0.25) is 19.3 Å². The summed E-state index contributed by atoms with van der Waals surface area (Å²) in [5.74, 6) is 1.000. The summed E-state index contributed by atoms with van der Waals surface area (Å²) >= 11 is 0.792. The second-order valence-electron chi connectivity index (χ2n) is 7.86. The molecule has 1 fully saturated rings. The summed E-state index contributed by atoms with van der Waals surface area (Å²) in [6.07, 6.45) is 1.61. The summed E-state index contributed by atoms with van der Waals surface area (Å²) in [7, 11) is 1.49. The molecule has 3 amide bonds. The minimum atomic E-state index is -0.525. The van der Waals surface area contributed by atoms with Crippen LogP contribution in [0.4, 0.5) is 10.5 Å². The largest absolute Gasteiger partial charge is 0.495 e. The van der Waals surface area contributed by atoms with Crippen molar-refractivity contribution in [3.63, 3.8) is 0 Å². The van der Waals surface area contributed by atoms with Gasteiger partial charge in [0.05, 0.1) is 30.9 Å². The van der Waals surface area contributed by atoms with Crippen LogP contribution in [0.1, 0.15) is 26.3 Å². The topological polar surface area (TPSA) is 94.2 Å². The number of para-hydroxylation sites is 2. The molecule has 0 saturated carbocycles. The van der Waals surface area contributed by atoms with Crippen LogP contribution in [-0.4, -0.2) is 48.8 Å². The van der Waals surface area contributed by atoms with E-state index in [2.05, 4.69) is 19.2 Å². The second kappa shape index (κ2) is 11.6. The van der Waals surface area contributed by atoms with Crippen LogP contribution in [0.15, 0.2) is 47.4 Å². The van der Waals surface area contributed by atoms with Gasteiger partial charge in [0, 0.05) is 0 Å². The average Bonchev–Trinajstić information content (AvgIpc) is 3.06. The zero-order chi connectivity index (χ0) is 24.7. The molecule has 34 heavy (non-hydrogen) atoms. The van der Waals surface area contributed by atoms with Gasteiger partial charge >= 0.3 is 0 Å². The predicted molar refractivity (Wildman–Crippen MR) is 132 cm³/mol. The number of benzene rings is 2. The SMILES string of the molecule is CCOc1cc(/C=C2\SC(=O)N(CC(=O)Nc3ccccc3OC)C2=O)ccc1OCC(C)C. The first kappa shape index (κ1) is 25.2. The molecule has 1 heterocycles. The number of carbonyl (C=O) groups excluding carboxylic acids is 3. The van der Waals surface area contributed by atoms with Gasteiger partial charge in [-0.05, 0) is 60.5 Å². The Morgan fingerprint density at radius 3 is 2.56 bits per heavy atom. The lowest BCUT2D eigenvalue weighted by atomic mass is 10.1. The van der Waals surface area contributed by atoms with Gasteiger partial charge in [0.1, 0.15) is 12.3 Å². The van der Waals surface area contributed by atoms with Gasteiger partial charge < -0.3 is 19.5 Å². The highest BCUT2D eigenvalue weighted by Gasteiger charge is 2.36. The molecule has 8 nitrogen and oxygen atoms in total. The Morgan fingerprint density at radius 1 is 1.09 bits per heavy atom. The summed E-state index contributed by atoms with van der Waals surface area (Å²) in [5.41, 5.74) is 1.14. The minimum Gasteiger partial charge on any atom is -0.495 e. The van der Waals surface area contributed by atoms with Gasteiger partial charge in [-0.25, -0.2) is 0 Å². The molecular weight excluding hydrogens is 456 g/mol. The van der Waals surface area contributed by atoms with Gasteiger partial charge in [0.15, 0.2) is 11.5 Å². The van der Waals surface area contributed by atoms with Gasteiger partial charge in [0.2, 0.25) is 5.91 Å². The van der Waals surface area contributed by atoms with Crippen molar-refractivity contribution in [1.29, 1.82) is 0 Å². The molecule has 1 saturated heterocycles. The molecule has 0 spiro atoms. The number of nitrogens with one attached hydrogen (secondary N) is 1. The number of hydrogen-bond acceptors (Lipinski definition) is 7. The zero-order valence-electron chi connectivity index (χ0n) is 19.6. The fourth-order valence-electron chi connectivity index (χ4n) is 3.13. The van der Waals surface area contributed by atoms with Gasteiger partial charge in [0.25, 0.3) is 11.1 Å². The number of imide groups is 1. The van der Waals surface area contributed by atoms with E-state index in [1.807, 2.05) is 6.92 Å². The Morgan fingerprint density at radius 2 is 1.85 bits per heavy atom. The summed E-state index contributed by atoms with van der Waals surface area (Å²) in [5, 5.41) is 2.17. The Labute approximate surface area is 203 Å². The van der Waals surface area contributed by atoms with Crippen LogP contribution in [0.5, 0.6) is 17.2 Å². The quantitative estimate of drug-likeness (QED) is 0.484. The molecule has 1 aliphatic rings. The summed E-state index contributed by atoms with van der Waals surface area (Å²) in [6, 6.07) is 12.2. The first-order valence-corrected chi connectivity index (χ1v) is 11.7. The third kappa shape index (κ3) is 6.32. The van der Waals surface area contributed by atoms with E-state index >= 15 is 0 Å². The van der Waals surface area contributed by atoms with E-state index in [1.54, 1.807) is 48.5 Å². The van der Waals surface area contributed by atoms with E-state index in [4.69, 9.17) is 14.2 Å². The Kier molecular flexibility index (Phi) is 8.59. The maximum absolute atomic E-state index is 12.8. The molecule has 180 valence electrons. The molecule has 1 aliphatic heterocycles. The number of ether oxygens (including phenoxy) is 3. The van der Waals surface area contributed by atoms with Gasteiger partial charge in [-0.2, -0.15) is 0 Å². The summed E-state index contributed by atoms with van der Waals surface area (Å²) in [4.78, 5) is 38.9. The summed E-state index contributed by atoms with van der Waals surface area (Å²) in [6.45, 7) is 6.60. The first-order valence-electron chi connectivity index (χ1n) is 10.9. The van der Waals surface area contributed by atoms with Crippen molar-refractivity contribution in [3.05, 3.63) is 52.9 Å². The molecular formula is C25H28N2O6S. The Bertz CT molecular complexity index is 1100. The Hall–Kier alpha value is -3.46. The average molecular weight is 485 g/mol.